The summed E-state index contributed by atoms with van der Waals surface area (Å²) in [4.78, 5) is 8.96. The van der Waals surface area contributed by atoms with Crippen molar-refractivity contribution >= 4 is 11.8 Å². The summed E-state index contributed by atoms with van der Waals surface area (Å²) in [5, 5.41) is 3.10. The zero-order valence-corrected chi connectivity index (χ0v) is 9.86. The van der Waals surface area contributed by atoms with Gasteiger partial charge in [0, 0.05) is 30.0 Å². The lowest BCUT2D eigenvalue weighted by Crippen LogP contribution is -2.13. The van der Waals surface area contributed by atoms with Gasteiger partial charge in [0.1, 0.15) is 5.82 Å². The van der Waals surface area contributed by atoms with Crippen LogP contribution in [0.5, 0.6) is 5.88 Å². The molecule has 5 heteroatoms. The molecular weight excluding hydrogens is 210 g/mol. The highest BCUT2D eigenvalue weighted by molar-refractivity contribution is 7.98. The van der Waals surface area contributed by atoms with Crippen molar-refractivity contribution in [3.05, 3.63) is 17.1 Å². The Bertz CT molecular complexity index is 357. The molecule has 0 aliphatic carbocycles. The predicted molar refractivity (Wildman–Crippen MR) is 61.2 cm³/mol. The topological polar surface area (TPSA) is 47.0 Å². The van der Waals surface area contributed by atoms with Crippen molar-refractivity contribution in [1.82, 2.24) is 15.3 Å². The van der Waals surface area contributed by atoms with E-state index in [1.165, 1.54) is 5.56 Å². The Morgan fingerprint density at radius 3 is 3.00 bits per heavy atom. The van der Waals surface area contributed by atoms with Crippen molar-refractivity contribution in [2.45, 2.75) is 17.9 Å². The van der Waals surface area contributed by atoms with Crippen LogP contribution >= 0.6 is 11.8 Å². The third-order valence-corrected chi connectivity index (χ3v) is 3.35. The summed E-state index contributed by atoms with van der Waals surface area (Å²) < 4.78 is 5.29. The summed E-state index contributed by atoms with van der Waals surface area (Å²) >= 11 is 1.87. The summed E-state index contributed by atoms with van der Waals surface area (Å²) in [6.07, 6.45) is 0.852. The van der Waals surface area contributed by atoms with Crippen LogP contribution in [0, 0.1) is 0 Å². The highest BCUT2D eigenvalue weighted by atomic mass is 32.2. The van der Waals surface area contributed by atoms with Crippen LogP contribution in [-0.4, -0.2) is 30.7 Å². The molecule has 0 unspecified atom stereocenters. The molecule has 0 atom stereocenters. The third kappa shape index (κ3) is 2.23. The molecule has 1 aromatic heterocycles. The molecule has 1 N–H and O–H groups in total. The molecule has 0 fully saturated rings. The number of hydrogen-bond acceptors (Lipinski definition) is 5. The average Bonchev–Trinajstić information content (AvgIpc) is 2.73. The van der Waals surface area contributed by atoms with Gasteiger partial charge in [0.25, 0.3) is 0 Å². The standard InChI is InChI=1S/C10H15N3OS/c1-11-4-3-9-12-8-6-15-5-7(8)10(13-9)14-2/h11H,3-6H2,1-2H3. The van der Waals surface area contributed by atoms with Gasteiger partial charge in [-0.25, -0.2) is 4.98 Å². The molecule has 82 valence electrons. The van der Waals surface area contributed by atoms with Crippen LogP contribution < -0.4 is 10.1 Å². The zero-order chi connectivity index (χ0) is 10.7. The monoisotopic (exact) mass is 225 g/mol. The average molecular weight is 225 g/mol. The molecule has 1 aliphatic heterocycles. The van der Waals surface area contributed by atoms with Gasteiger partial charge in [-0.1, -0.05) is 0 Å². The highest BCUT2D eigenvalue weighted by Crippen LogP contribution is 2.33. The summed E-state index contributed by atoms with van der Waals surface area (Å²) in [6, 6.07) is 0. The largest absolute Gasteiger partial charge is 0.481 e. The first-order valence-electron chi connectivity index (χ1n) is 5.00. The molecule has 1 aliphatic rings. The van der Waals surface area contributed by atoms with Crippen LogP contribution in [0.1, 0.15) is 17.1 Å². The maximum atomic E-state index is 5.29. The van der Waals surface area contributed by atoms with Gasteiger partial charge in [-0.05, 0) is 7.05 Å². The number of nitrogens with zero attached hydrogens (tertiary/aromatic N) is 2. The van der Waals surface area contributed by atoms with Gasteiger partial charge in [-0.3, -0.25) is 0 Å². The van der Waals surface area contributed by atoms with E-state index in [-0.39, 0.29) is 0 Å². The van der Waals surface area contributed by atoms with Gasteiger partial charge >= 0.3 is 0 Å². The molecule has 0 bridgehead atoms. The smallest absolute Gasteiger partial charge is 0.220 e. The van der Waals surface area contributed by atoms with E-state index in [0.717, 1.165) is 41.9 Å². The van der Waals surface area contributed by atoms with Crippen LogP contribution in [0.15, 0.2) is 0 Å². The summed E-state index contributed by atoms with van der Waals surface area (Å²) in [6.45, 7) is 0.898. The Hall–Kier alpha value is -0.810. The van der Waals surface area contributed by atoms with Crippen molar-refractivity contribution in [1.29, 1.82) is 0 Å². The number of aromatic nitrogens is 2. The second kappa shape index (κ2) is 4.81. The quantitative estimate of drug-likeness (QED) is 0.828. The van der Waals surface area contributed by atoms with Crippen molar-refractivity contribution in [3.63, 3.8) is 0 Å². The summed E-state index contributed by atoms with van der Waals surface area (Å²) in [5.41, 5.74) is 2.33. The van der Waals surface area contributed by atoms with E-state index in [1.54, 1.807) is 7.11 Å². The van der Waals surface area contributed by atoms with Gasteiger partial charge in [-0.2, -0.15) is 16.7 Å². The van der Waals surface area contributed by atoms with Gasteiger partial charge in [-0.15, -0.1) is 0 Å². The third-order valence-electron chi connectivity index (χ3n) is 2.38. The predicted octanol–water partition coefficient (Wildman–Crippen LogP) is 0.994. The number of nitrogens with one attached hydrogen (secondary N) is 1. The van der Waals surface area contributed by atoms with Crippen LogP contribution in [0.2, 0.25) is 0 Å². The molecule has 1 aromatic rings. The molecule has 0 spiro atoms. The van der Waals surface area contributed by atoms with E-state index in [2.05, 4.69) is 15.3 Å². The van der Waals surface area contributed by atoms with Gasteiger partial charge in [0.2, 0.25) is 5.88 Å². The molecule has 0 amide bonds. The van der Waals surface area contributed by atoms with Crippen molar-refractivity contribution in [2.24, 2.45) is 0 Å². The van der Waals surface area contributed by atoms with Crippen LogP contribution in [0.3, 0.4) is 0 Å². The summed E-state index contributed by atoms with van der Waals surface area (Å²) in [5.74, 6) is 3.60. The second-order valence-electron chi connectivity index (χ2n) is 3.42. The number of rotatable bonds is 4. The van der Waals surface area contributed by atoms with E-state index < -0.39 is 0 Å². The molecule has 0 aromatic carbocycles. The number of hydrogen-bond donors (Lipinski definition) is 1. The number of fused-ring (bicyclic) bond motifs is 1. The first-order chi connectivity index (χ1) is 7.35. The highest BCUT2D eigenvalue weighted by Gasteiger charge is 2.19. The lowest BCUT2D eigenvalue weighted by atomic mass is 10.2. The van der Waals surface area contributed by atoms with Crippen LogP contribution in [0.4, 0.5) is 0 Å². The fourth-order valence-corrected chi connectivity index (χ4v) is 2.62. The summed E-state index contributed by atoms with van der Waals surface area (Å²) in [7, 11) is 3.61. The number of likely N-dealkylation sites (N-methyl/N-ethyl adjacent to an activating group) is 1. The molecular formula is C10H15N3OS. The molecule has 4 nitrogen and oxygen atoms in total. The van der Waals surface area contributed by atoms with Crippen molar-refractivity contribution in [2.75, 3.05) is 20.7 Å². The Morgan fingerprint density at radius 1 is 1.40 bits per heavy atom. The van der Waals surface area contributed by atoms with Crippen LogP contribution in [0.25, 0.3) is 0 Å². The fraction of sp³-hybridized carbons (Fsp3) is 0.600. The van der Waals surface area contributed by atoms with Gasteiger partial charge in [0.15, 0.2) is 0 Å². The fourth-order valence-electron chi connectivity index (χ4n) is 1.59. The molecule has 0 saturated carbocycles. The first-order valence-corrected chi connectivity index (χ1v) is 6.15. The van der Waals surface area contributed by atoms with E-state index in [1.807, 2.05) is 18.8 Å². The normalized spacial score (nSPS) is 14.0. The lowest BCUT2D eigenvalue weighted by Gasteiger charge is -2.07. The number of methoxy groups -OCH3 is 1. The Morgan fingerprint density at radius 2 is 2.27 bits per heavy atom. The van der Waals surface area contributed by atoms with E-state index in [0.29, 0.717) is 0 Å². The molecule has 0 radical (unpaired) electrons. The minimum atomic E-state index is 0.760. The van der Waals surface area contributed by atoms with Gasteiger partial charge < -0.3 is 10.1 Å². The number of ether oxygens (including phenoxy) is 1. The molecule has 2 heterocycles. The molecule has 15 heavy (non-hydrogen) atoms. The molecule has 2 rings (SSSR count). The van der Waals surface area contributed by atoms with E-state index >= 15 is 0 Å². The maximum absolute atomic E-state index is 5.29. The SMILES string of the molecule is CNCCc1nc2c(c(OC)n1)CSC2. The second-order valence-corrected chi connectivity index (χ2v) is 4.41. The van der Waals surface area contributed by atoms with Crippen molar-refractivity contribution < 1.29 is 4.74 Å². The molecule has 0 saturated heterocycles. The first kappa shape index (κ1) is 10.7. The zero-order valence-electron chi connectivity index (χ0n) is 9.04. The minimum absolute atomic E-state index is 0.760. The lowest BCUT2D eigenvalue weighted by molar-refractivity contribution is 0.390. The van der Waals surface area contributed by atoms with E-state index in [9.17, 15) is 0 Å². The Labute approximate surface area is 93.8 Å². The van der Waals surface area contributed by atoms with Crippen LogP contribution in [-0.2, 0) is 17.9 Å². The Balaban J connectivity index is 2.26. The maximum Gasteiger partial charge on any atom is 0.220 e. The minimum Gasteiger partial charge on any atom is -0.481 e. The van der Waals surface area contributed by atoms with Crippen molar-refractivity contribution in [3.8, 4) is 5.88 Å². The van der Waals surface area contributed by atoms with Gasteiger partial charge in [0.05, 0.1) is 12.8 Å². The number of thioether (sulfide) groups is 1. The van der Waals surface area contributed by atoms with E-state index in [4.69, 9.17) is 4.74 Å². The Kier molecular flexibility index (Phi) is 3.43.